The highest BCUT2D eigenvalue weighted by Crippen LogP contribution is 2.31. The number of nitrogens with two attached hydrogens (primary N) is 1. The van der Waals surface area contributed by atoms with Crippen molar-refractivity contribution in [2.45, 2.75) is 0 Å². The lowest BCUT2D eigenvalue weighted by Crippen LogP contribution is -2.14. The lowest BCUT2D eigenvalue weighted by atomic mass is 9.99. The molecule has 2 N–H and O–H groups in total. The van der Waals surface area contributed by atoms with E-state index in [9.17, 15) is 9.18 Å². The van der Waals surface area contributed by atoms with E-state index in [1.165, 1.54) is 12.1 Å². The smallest absolute Gasteiger partial charge is 0.252 e. The molecule has 0 saturated carbocycles. The number of carbonyl (C=O) groups is 1. The van der Waals surface area contributed by atoms with Crippen molar-refractivity contribution in [1.82, 2.24) is 0 Å². The summed E-state index contributed by atoms with van der Waals surface area (Å²) < 4.78 is 13.6. The van der Waals surface area contributed by atoms with Crippen molar-refractivity contribution in [2.24, 2.45) is 5.73 Å². The predicted octanol–water partition coefficient (Wildman–Crippen LogP) is 3.90. The molecule has 1 amide bonds. The van der Waals surface area contributed by atoms with Crippen LogP contribution in [0, 0.1) is 5.82 Å². The summed E-state index contributed by atoms with van der Waals surface area (Å²) in [5.74, 6) is -1.49. The monoisotopic (exact) mass is 283 g/mol. The van der Waals surface area contributed by atoms with Gasteiger partial charge in [-0.15, -0.1) is 0 Å². The topological polar surface area (TPSA) is 43.1 Å². The van der Waals surface area contributed by atoms with E-state index in [1.54, 1.807) is 24.3 Å². The predicted molar refractivity (Wildman–Crippen MR) is 70.4 cm³/mol. The maximum atomic E-state index is 13.6. The average Bonchev–Trinajstić information content (AvgIpc) is 2.32. The maximum absolute atomic E-state index is 13.6. The highest BCUT2D eigenvalue weighted by molar-refractivity contribution is 6.42. The van der Waals surface area contributed by atoms with E-state index in [0.717, 1.165) is 0 Å². The Morgan fingerprint density at radius 1 is 1.11 bits per heavy atom. The van der Waals surface area contributed by atoms with Crippen molar-refractivity contribution < 1.29 is 9.18 Å². The number of hydrogen-bond acceptors (Lipinski definition) is 1. The molecule has 0 fully saturated rings. The van der Waals surface area contributed by atoms with Gasteiger partial charge >= 0.3 is 0 Å². The van der Waals surface area contributed by atoms with E-state index >= 15 is 0 Å². The molecule has 0 saturated heterocycles. The fourth-order valence-electron chi connectivity index (χ4n) is 1.68. The second kappa shape index (κ2) is 4.96. The standard InChI is InChI=1S/C13H8Cl2FNO/c14-9-5-4-7(6-10(9)15)8-2-1-3-11(16)12(8)13(17)18/h1-6H,(H2,17,18). The van der Waals surface area contributed by atoms with Gasteiger partial charge in [-0.3, -0.25) is 4.79 Å². The molecule has 0 heterocycles. The minimum Gasteiger partial charge on any atom is -0.365 e. The van der Waals surface area contributed by atoms with Crippen LogP contribution in [-0.4, -0.2) is 5.91 Å². The highest BCUT2D eigenvalue weighted by Gasteiger charge is 2.15. The third-order valence-electron chi connectivity index (χ3n) is 2.49. The molecule has 18 heavy (non-hydrogen) atoms. The molecule has 2 aromatic carbocycles. The van der Waals surface area contributed by atoms with Crippen molar-refractivity contribution in [3.8, 4) is 11.1 Å². The lowest BCUT2D eigenvalue weighted by Gasteiger charge is -2.08. The molecule has 0 unspecified atom stereocenters. The van der Waals surface area contributed by atoms with Gasteiger partial charge in [-0.2, -0.15) is 0 Å². The third-order valence-corrected chi connectivity index (χ3v) is 3.23. The Hall–Kier alpha value is -1.58. The van der Waals surface area contributed by atoms with Gasteiger partial charge in [-0.05, 0) is 29.3 Å². The second-order valence-corrected chi connectivity index (χ2v) is 4.47. The summed E-state index contributed by atoms with van der Waals surface area (Å²) in [6.45, 7) is 0. The number of hydrogen-bond donors (Lipinski definition) is 1. The van der Waals surface area contributed by atoms with Crippen molar-refractivity contribution in [1.29, 1.82) is 0 Å². The Bertz CT molecular complexity index is 628. The SMILES string of the molecule is NC(=O)c1c(F)cccc1-c1ccc(Cl)c(Cl)c1. The van der Waals surface area contributed by atoms with E-state index in [-0.39, 0.29) is 5.56 Å². The molecule has 0 aliphatic heterocycles. The molecule has 0 aliphatic rings. The van der Waals surface area contributed by atoms with Crippen LogP contribution in [0.2, 0.25) is 10.0 Å². The molecule has 0 aromatic heterocycles. The first-order valence-corrected chi connectivity index (χ1v) is 5.80. The molecule has 2 nitrogen and oxygen atoms in total. The Labute approximate surface area is 113 Å². The molecule has 2 rings (SSSR count). The van der Waals surface area contributed by atoms with E-state index in [4.69, 9.17) is 28.9 Å². The highest BCUT2D eigenvalue weighted by atomic mass is 35.5. The van der Waals surface area contributed by atoms with Crippen LogP contribution in [0.3, 0.4) is 0 Å². The van der Waals surface area contributed by atoms with Gasteiger partial charge in [-0.1, -0.05) is 41.4 Å². The second-order valence-electron chi connectivity index (χ2n) is 3.66. The van der Waals surface area contributed by atoms with Gasteiger partial charge in [0.1, 0.15) is 5.82 Å². The summed E-state index contributed by atoms with van der Waals surface area (Å²) in [5.41, 5.74) is 6.00. The summed E-state index contributed by atoms with van der Waals surface area (Å²) in [6.07, 6.45) is 0. The van der Waals surface area contributed by atoms with E-state index in [1.807, 2.05) is 0 Å². The van der Waals surface area contributed by atoms with E-state index in [2.05, 4.69) is 0 Å². The van der Waals surface area contributed by atoms with Gasteiger partial charge in [-0.25, -0.2) is 4.39 Å². The third kappa shape index (κ3) is 2.33. The Balaban J connectivity index is 2.67. The van der Waals surface area contributed by atoms with Gasteiger partial charge in [0, 0.05) is 0 Å². The summed E-state index contributed by atoms with van der Waals surface area (Å²) in [4.78, 5) is 11.3. The van der Waals surface area contributed by atoms with Gasteiger partial charge in [0.05, 0.1) is 15.6 Å². The van der Waals surface area contributed by atoms with Crippen LogP contribution in [-0.2, 0) is 0 Å². The summed E-state index contributed by atoms with van der Waals surface area (Å²) >= 11 is 11.7. The van der Waals surface area contributed by atoms with Crippen molar-refractivity contribution >= 4 is 29.1 Å². The van der Waals surface area contributed by atoms with Gasteiger partial charge < -0.3 is 5.73 Å². The van der Waals surface area contributed by atoms with E-state index < -0.39 is 11.7 Å². The normalized spacial score (nSPS) is 10.4. The number of halogens is 3. The van der Waals surface area contributed by atoms with E-state index in [0.29, 0.717) is 21.2 Å². The minimum atomic E-state index is -0.825. The van der Waals surface area contributed by atoms with Gasteiger partial charge in [0.25, 0.3) is 5.91 Å². The van der Waals surface area contributed by atoms with Crippen molar-refractivity contribution in [3.63, 3.8) is 0 Å². The molecule has 0 atom stereocenters. The van der Waals surface area contributed by atoms with Crippen LogP contribution in [0.4, 0.5) is 4.39 Å². The van der Waals surface area contributed by atoms with Crippen LogP contribution < -0.4 is 5.73 Å². The number of primary amides is 1. The van der Waals surface area contributed by atoms with Crippen LogP contribution in [0.5, 0.6) is 0 Å². The minimum absolute atomic E-state index is 0.157. The van der Waals surface area contributed by atoms with Crippen LogP contribution in [0.25, 0.3) is 11.1 Å². The molecule has 0 radical (unpaired) electrons. The Morgan fingerprint density at radius 3 is 2.44 bits per heavy atom. The van der Waals surface area contributed by atoms with Crippen molar-refractivity contribution in [2.75, 3.05) is 0 Å². The largest absolute Gasteiger partial charge is 0.365 e. The summed E-state index contributed by atoms with van der Waals surface area (Å²) in [5, 5.41) is 0.714. The zero-order chi connectivity index (χ0) is 13.3. The van der Waals surface area contributed by atoms with Crippen LogP contribution in [0.15, 0.2) is 36.4 Å². The number of carbonyl (C=O) groups excluding carboxylic acids is 1. The lowest BCUT2D eigenvalue weighted by molar-refractivity contribution is 0.0997. The molecule has 0 bridgehead atoms. The zero-order valence-electron chi connectivity index (χ0n) is 9.08. The first kappa shape index (κ1) is 12.9. The summed E-state index contributed by atoms with van der Waals surface area (Å²) in [6, 6.07) is 9.07. The molecule has 0 spiro atoms. The van der Waals surface area contributed by atoms with Gasteiger partial charge in [0.15, 0.2) is 0 Å². The fourth-order valence-corrected chi connectivity index (χ4v) is 1.98. The average molecular weight is 284 g/mol. The molecular formula is C13H8Cl2FNO. The first-order chi connectivity index (χ1) is 8.50. The Kier molecular flexibility index (Phi) is 3.55. The van der Waals surface area contributed by atoms with Gasteiger partial charge in [0.2, 0.25) is 0 Å². The fraction of sp³-hybridized carbons (Fsp3) is 0. The number of benzene rings is 2. The molecule has 5 heteroatoms. The zero-order valence-corrected chi connectivity index (χ0v) is 10.6. The van der Waals surface area contributed by atoms with Crippen LogP contribution >= 0.6 is 23.2 Å². The maximum Gasteiger partial charge on any atom is 0.252 e. The number of rotatable bonds is 2. The number of amides is 1. The molecular weight excluding hydrogens is 276 g/mol. The van der Waals surface area contributed by atoms with Crippen LogP contribution in [0.1, 0.15) is 10.4 Å². The van der Waals surface area contributed by atoms with Crippen molar-refractivity contribution in [3.05, 3.63) is 57.8 Å². The summed E-state index contributed by atoms with van der Waals surface area (Å²) in [7, 11) is 0. The molecule has 92 valence electrons. The Morgan fingerprint density at radius 2 is 1.83 bits per heavy atom. The quantitative estimate of drug-likeness (QED) is 0.893. The first-order valence-electron chi connectivity index (χ1n) is 5.04. The molecule has 0 aliphatic carbocycles. The molecule has 2 aromatic rings.